The Bertz CT molecular complexity index is 3050. The number of hydrogen-bond acceptors (Lipinski definition) is 5. The van der Waals surface area contributed by atoms with Crippen LogP contribution in [0, 0.1) is 0 Å². The first-order valence-corrected chi connectivity index (χ1v) is 20.7. The van der Waals surface area contributed by atoms with E-state index in [1.165, 1.54) is 20.2 Å². The Morgan fingerprint density at radius 3 is 1.32 bits per heavy atom. The molecule has 9 aromatic carbocycles. The summed E-state index contributed by atoms with van der Waals surface area (Å²) in [5.41, 5.74) is 11.2. The van der Waals surface area contributed by atoms with Crippen molar-refractivity contribution in [3.8, 4) is 0 Å². The smallest absolute Gasteiger partial charge is 0.135 e. The highest BCUT2D eigenvalue weighted by molar-refractivity contribution is 7.26. The van der Waals surface area contributed by atoms with E-state index in [1.807, 2.05) is 23.5 Å². The molecule has 0 saturated heterocycles. The van der Waals surface area contributed by atoms with Crippen LogP contribution in [0.15, 0.2) is 229 Å². The maximum Gasteiger partial charge on any atom is 0.135 e. The van der Waals surface area contributed by atoms with Crippen molar-refractivity contribution in [2.75, 3.05) is 14.7 Å². The van der Waals surface area contributed by atoms with E-state index in [1.54, 1.807) is 0 Å². The lowest BCUT2D eigenvalue weighted by molar-refractivity contribution is 0.669. The number of benzene rings is 9. The molecule has 0 spiro atoms. The monoisotopic (exact) mass is 775 g/mol. The van der Waals surface area contributed by atoms with Gasteiger partial charge in [0.15, 0.2) is 0 Å². The van der Waals surface area contributed by atoms with Gasteiger partial charge in [0.1, 0.15) is 11.2 Å². The van der Waals surface area contributed by atoms with Crippen LogP contribution in [0.5, 0.6) is 0 Å². The average Bonchev–Trinajstić information content (AvgIpc) is 3.87. The van der Waals surface area contributed by atoms with E-state index >= 15 is 0 Å². The fraction of sp³-hybridized carbons (Fsp3) is 0. The zero-order valence-corrected chi connectivity index (χ0v) is 32.8. The molecule has 0 bridgehead atoms. The van der Waals surface area contributed by atoms with Crippen LogP contribution < -0.4 is 14.7 Å². The molecule has 4 nitrogen and oxygen atoms in total. The van der Waals surface area contributed by atoms with Gasteiger partial charge < -0.3 is 19.1 Å². The summed E-state index contributed by atoms with van der Waals surface area (Å²) in [6.45, 7) is 0. The molecule has 0 N–H and O–H groups in total. The van der Waals surface area contributed by atoms with Gasteiger partial charge in [0.2, 0.25) is 0 Å². The second kappa shape index (κ2) is 14.7. The molecule has 0 amide bonds. The summed E-state index contributed by atoms with van der Waals surface area (Å²) in [5.74, 6) is 0. The number of anilines is 9. The van der Waals surface area contributed by atoms with E-state index < -0.39 is 0 Å². The van der Waals surface area contributed by atoms with Crippen LogP contribution in [0.3, 0.4) is 0 Å². The fourth-order valence-corrected chi connectivity index (χ4v) is 9.56. The van der Waals surface area contributed by atoms with Crippen LogP contribution in [0.25, 0.3) is 42.1 Å². The Kier molecular flexibility index (Phi) is 8.64. The molecule has 0 aliphatic rings. The standard InChI is InChI=1S/C54H37N3OS/c1-5-18-38(19-6-1)55(39-20-7-2-8-21-39)43-34-44(56(40-22-9-3-10-23-40)41-24-11-4-12-25-41)36-45(35-43)57(42-32-33-52-49(37-42)46-26-13-15-30-51(46)58-52)50-29-17-28-48-47-27-14-16-31-53(47)59-54(48)50/h1-37H. The Balaban J connectivity index is 1.24. The second-order valence-electron chi connectivity index (χ2n) is 14.6. The number of para-hydroxylation sites is 5. The van der Waals surface area contributed by atoms with E-state index in [2.05, 4.69) is 227 Å². The normalized spacial score (nSPS) is 11.4. The van der Waals surface area contributed by atoms with Crippen LogP contribution in [0.4, 0.5) is 51.2 Å². The molecule has 11 aromatic rings. The summed E-state index contributed by atoms with van der Waals surface area (Å²) in [4.78, 5) is 7.15. The van der Waals surface area contributed by atoms with Crippen LogP contribution in [0.2, 0.25) is 0 Å². The van der Waals surface area contributed by atoms with E-state index in [-0.39, 0.29) is 0 Å². The highest BCUT2D eigenvalue weighted by Crippen LogP contribution is 2.49. The first kappa shape index (κ1) is 34.6. The molecule has 5 heteroatoms. The van der Waals surface area contributed by atoms with Gasteiger partial charge in [-0.1, -0.05) is 121 Å². The molecular weight excluding hydrogens is 739 g/mol. The lowest BCUT2D eigenvalue weighted by Crippen LogP contribution is -2.16. The molecule has 280 valence electrons. The van der Waals surface area contributed by atoms with Crippen LogP contribution in [-0.4, -0.2) is 0 Å². The van der Waals surface area contributed by atoms with Crippen molar-refractivity contribution in [1.29, 1.82) is 0 Å². The minimum absolute atomic E-state index is 0.864. The zero-order valence-electron chi connectivity index (χ0n) is 32.0. The van der Waals surface area contributed by atoms with Gasteiger partial charge in [-0.15, -0.1) is 11.3 Å². The first-order valence-electron chi connectivity index (χ1n) is 19.8. The van der Waals surface area contributed by atoms with Gasteiger partial charge in [0.05, 0.1) is 27.4 Å². The molecule has 0 aliphatic heterocycles. The molecule has 0 aliphatic carbocycles. The number of furan rings is 1. The molecule has 0 radical (unpaired) electrons. The summed E-state index contributed by atoms with van der Waals surface area (Å²) in [5, 5.41) is 4.68. The van der Waals surface area contributed by atoms with Gasteiger partial charge in [0.25, 0.3) is 0 Å². The number of fused-ring (bicyclic) bond motifs is 6. The highest BCUT2D eigenvalue weighted by Gasteiger charge is 2.24. The van der Waals surface area contributed by atoms with Gasteiger partial charge in [-0.05, 0) is 103 Å². The van der Waals surface area contributed by atoms with Crippen molar-refractivity contribution in [2.24, 2.45) is 0 Å². The lowest BCUT2D eigenvalue weighted by Gasteiger charge is -2.33. The van der Waals surface area contributed by atoms with Crippen molar-refractivity contribution in [2.45, 2.75) is 0 Å². The molecule has 2 heterocycles. The molecule has 0 unspecified atom stereocenters. The topological polar surface area (TPSA) is 22.9 Å². The maximum atomic E-state index is 6.38. The van der Waals surface area contributed by atoms with E-state index in [9.17, 15) is 0 Å². The number of rotatable bonds is 9. The molecule has 59 heavy (non-hydrogen) atoms. The Morgan fingerprint density at radius 2 is 0.746 bits per heavy atom. The average molecular weight is 776 g/mol. The van der Waals surface area contributed by atoms with Crippen molar-refractivity contribution in [1.82, 2.24) is 0 Å². The quantitative estimate of drug-likeness (QED) is 0.146. The minimum Gasteiger partial charge on any atom is -0.456 e. The zero-order chi connectivity index (χ0) is 39.1. The number of thiophene rings is 1. The molecule has 0 atom stereocenters. The van der Waals surface area contributed by atoms with Crippen molar-refractivity contribution in [3.05, 3.63) is 224 Å². The molecule has 0 fully saturated rings. The lowest BCUT2D eigenvalue weighted by atomic mass is 10.1. The molecule has 0 saturated carbocycles. The molecular formula is C54H37N3OS. The first-order chi connectivity index (χ1) is 29.3. The Morgan fingerprint density at radius 1 is 0.288 bits per heavy atom. The van der Waals surface area contributed by atoms with Gasteiger partial charge in [-0.3, -0.25) is 0 Å². The third-order valence-electron chi connectivity index (χ3n) is 11.0. The predicted octanol–water partition coefficient (Wildman–Crippen LogP) is 16.4. The van der Waals surface area contributed by atoms with Crippen molar-refractivity contribution in [3.63, 3.8) is 0 Å². The summed E-state index contributed by atoms with van der Waals surface area (Å²) in [6, 6.07) is 79.9. The second-order valence-corrected chi connectivity index (χ2v) is 15.6. The maximum absolute atomic E-state index is 6.38. The van der Waals surface area contributed by atoms with Gasteiger partial charge in [-0.2, -0.15) is 0 Å². The van der Waals surface area contributed by atoms with Gasteiger partial charge >= 0.3 is 0 Å². The van der Waals surface area contributed by atoms with Crippen LogP contribution in [0.1, 0.15) is 0 Å². The number of nitrogens with zero attached hydrogens (tertiary/aromatic N) is 3. The fourth-order valence-electron chi connectivity index (χ4n) is 8.36. The van der Waals surface area contributed by atoms with Crippen LogP contribution in [-0.2, 0) is 0 Å². The summed E-state index contributed by atoms with van der Waals surface area (Å²) in [6.07, 6.45) is 0. The number of hydrogen-bond donors (Lipinski definition) is 0. The highest BCUT2D eigenvalue weighted by atomic mass is 32.1. The van der Waals surface area contributed by atoms with Crippen molar-refractivity contribution >= 4 is 105 Å². The minimum atomic E-state index is 0.864. The Labute approximate surface area is 346 Å². The van der Waals surface area contributed by atoms with E-state index in [0.717, 1.165) is 73.1 Å². The van der Waals surface area contributed by atoms with Gasteiger partial charge in [0, 0.05) is 54.7 Å². The summed E-state index contributed by atoms with van der Waals surface area (Å²) < 4.78 is 8.86. The van der Waals surface area contributed by atoms with Gasteiger partial charge in [-0.25, -0.2) is 0 Å². The third kappa shape index (κ3) is 6.25. The Hall–Kier alpha value is -7.60. The molecule has 2 aromatic heterocycles. The van der Waals surface area contributed by atoms with E-state index in [0.29, 0.717) is 0 Å². The largest absolute Gasteiger partial charge is 0.456 e. The van der Waals surface area contributed by atoms with Crippen molar-refractivity contribution < 1.29 is 4.42 Å². The van der Waals surface area contributed by atoms with E-state index in [4.69, 9.17) is 4.42 Å². The SMILES string of the molecule is c1ccc(N(c2ccccc2)c2cc(N(c3ccccc3)c3ccccc3)cc(N(c3ccc4oc5ccccc5c4c3)c3cccc4c3sc3ccccc34)c2)cc1. The summed E-state index contributed by atoms with van der Waals surface area (Å²) in [7, 11) is 0. The molecule has 11 rings (SSSR count). The predicted molar refractivity (Wildman–Crippen MR) is 251 cm³/mol. The third-order valence-corrected chi connectivity index (χ3v) is 12.2. The summed E-state index contributed by atoms with van der Waals surface area (Å²) >= 11 is 1.84. The van der Waals surface area contributed by atoms with Crippen LogP contribution >= 0.6 is 11.3 Å².